The number of hydrogen-bond acceptors (Lipinski definition) is 4. The van der Waals surface area contributed by atoms with Gasteiger partial charge in [0.15, 0.2) is 11.4 Å². The van der Waals surface area contributed by atoms with Gasteiger partial charge in [0, 0.05) is 6.07 Å². The molecule has 1 aromatic rings. The number of aromatic carboxylic acids is 1. The number of carbonyl (C=O) groups is 1. The lowest BCUT2D eigenvalue weighted by molar-refractivity contribution is 0.0686. The fourth-order valence-corrected chi connectivity index (χ4v) is 0.854. The molecule has 0 aliphatic rings. The highest BCUT2D eigenvalue weighted by molar-refractivity contribution is 5.88. The van der Waals surface area contributed by atoms with Gasteiger partial charge >= 0.3 is 5.97 Å². The SMILES string of the molecule is COc1cnc(C(=O)O)c(OC)c1. The molecule has 5 heteroatoms. The molecular formula is C8H9NO4. The Morgan fingerprint density at radius 1 is 1.46 bits per heavy atom. The maximum Gasteiger partial charge on any atom is 0.358 e. The third kappa shape index (κ3) is 1.87. The van der Waals surface area contributed by atoms with E-state index in [2.05, 4.69) is 4.98 Å². The number of carboxylic acid groups (broad SMARTS) is 1. The smallest absolute Gasteiger partial charge is 0.358 e. The molecule has 13 heavy (non-hydrogen) atoms. The van der Waals surface area contributed by atoms with Gasteiger partial charge in [-0.1, -0.05) is 0 Å². The highest BCUT2D eigenvalue weighted by atomic mass is 16.5. The van der Waals surface area contributed by atoms with Crippen LogP contribution in [0.4, 0.5) is 0 Å². The van der Waals surface area contributed by atoms with Crippen molar-refractivity contribution in [3.8, 4) is 11.5 Å². The van der Waals surface area contributed by atoms with Crippen LogP contribution in [0.5, 0.6) is 11.5 Å². The second-order valence-electron chi connectivity index (χ2n) is 2.23. The minimum Gasteiger partial charge on any atom is -0.495 e. The summed E-state index contributed by atoms with van der Waals surface area (Å²) in [5.41, 5.74) is -0.122. The van der Waals surface area contributed by atoms with Crippen molar-refractivity contribution in [3.63, 3.8) is 0 Å². The van der Waals surface area contributed by atoms with Crippen molar-refractivity contribution in [1.82, 2.24) is 4.98 Å². The number of rotatable bonds is 3. The first kappa shape index (κ1) is 9.31. The van der Waals surface area contributed by atoms with Crippen molar-refractivity contribution in [2.24, 2.45) is 0 Å². The quantitative estimate of drug-likeness (QED) is 0.750. The van der Waals surface area contributed by atoms with Gasteiger partial charge in [0.05, 0.1) is 20.4 Å². The lowest BCUT2D eigenvalue weighted by atomic mass is 10.3. The summed E-state index contributed by atoms with van der Waals surface area (Å²) in [5.74, 6) is -0.479. The van der Waals surface area contributed by atoms with Crippen LogP contribution in [-0.4, -0.2) is 30.3 Å². The summed E-state index contributed by atoms with van der Waals surface area (Å²) < 4.78 is 9.68. The van der Waals surface area contributed by atoms with Crippen LogP contribution in [0.2, 0.25) is 0 Å². The summed E-state index contributed by atoms with van der Waals surface area (Å²) >= 11 is 0. The fraction of sp³-hybridized carbons (Fsp3) is 0.250. The molecule has 0 unspecified atom stereocenters. The van der Waals surface area contributed by atoms with Crippen molar-refractivity contribution in [1.29, 1.82) is 0 Å². The Labute approximate surface area is 74.9 Å². The molecule has 0 atom stereocenters. The van der Waals surface area contributed by atoms with Crippen LogP contribution < -0.4 is 9.47 Å². The van der Waals surface area contributed by atoms with Crippen molar-refractivity contribution < 1.29 is 19.4 Å². The van der Waals surface area contributed by atoms with Gasteiger partial charge in [0.2, 0.25) is 0 Å². The Kier molecular flexibility index (Phi) is 2.69. The average molecular weight is 183 g/mol. The number of pyridine rings is 1. The molecular weight excluding hydrogens is 174 g/mol. The third-order valence-corrected chi connectivity index (χ3v) is 1.49. The molecule has 0 amide bonds. The monoisotopic (exact) mass is 183 g/mol. The fourth-order valence-electron chi connectivity index (χ4n) is 0.854. The van der Waals surface area contributed by atoms with Crippen molar-refractivity contribution in [2.45, 2.75) is 0 Å². The first-order valence-electron chi connectivity index (χ1n) is 3.50. The standard InChI is InChI=1S/C8H9NO4/c1-12-5-3-6(13-2)7(8(10)11)9-4-5/h3-4H,1-2H3,(H,10,11). The largest absolute Gasteiger partial charge is 0.495 e. The minimum absolute atomic E-state index is 0.122. The molecule has 5 nitrogen and oxygen atoms in total. The molecule has 0 aromatic carbocycles. The predicted octanol–water partition coefficient (Wildman–Crippen LogP) is 0.797. The predicted molar refractivity (Wildman–Crippen MR) is 44.3 cm³/mol. The number of methoxy groups -OCH3 is 2. The molecule has 1 aromatic heterocycles. The topological polar surface area (TPSA) is 68.7 Å². The molecule has 0 saturated heterocycles. The first-order valence-corrected chi connectivity index (χ1v) is 3.50. The Hall–Kier alpha value is -1.78. The lowest BCUT2D eigenvalue weighted by Gasteiger charge is -2.05. The zero-order valence-electron chi connectivity index (χ0n) is 7.27. The van der Waals surface area contributed by atoms with Gasteiger partial charge in [0.25, 0.3) is 0 Å². The van der Waals surface area contributed by atoms with Crippen LogP contribution >= 0.6 is 0 Å². The summed E-state index contributed by atoms with van der Waals surface area (Å²) in [6.07, 6.45) is 1.33. The van der Waals surface area contributed by atoms with Crippen molar-refractivity contribution in [3.05, 3.63) is 18.0 Å². The number of carboxylic acids is 1. The van der Waals surface area contributed by atoms with Crippen LogP contribution in [0.15, 0.2) is 12.3 Å². The number of ether oxygens (including phenoxy) is 2. The highest BCUT2D eigenvalue weighted by Crippen LogP contribution is 2.21. The zero-order chi connectivity index (χ0) is 9.84. The Morgan fingerprint density at radius 2 is 2.15 bits per heavy atom. The lowest BCUT2D eigenvalue weighted by Crippen LogP contribution is -2.03. The molecule has 1 heterocycles. The van der Waals surface area contributed by atoms with Crippen molar-refractivity contribution >= 4 is 5.97 Å². The van der Waals surface area contributed by atoms with E-state index in [9.17, 15) is 4.79 Å². The molecule has 0 aliphatic heterocycles. The van der Waals surface area contributed by atoms with E-state index in [1.807, 2.05) is 0 Å². The molecule has 0 fully saturated rings. The van der Waals surface area contributed by atoms with Crippen LogP contribution in [0.3, 0.4) is 0 Å². The van der Waals surface area contributed by atoms with E-state index in [-0.39, 0.29) is 11.4 Å². The molecule has 1 N–H and O–H groups in total. The summed E-state index contributed by atoms with van der Waals surface area (Å²) in [5, 5.41) is 8.68. The van der Waals surface area contributed by atoms with E-state index in [1.54, 1.807) is 0 Å². The molecule has 0 saturated carbocycles. The van der Waals surface area contributed by atoms with Gasteiger partial charge in [0.1, 0.15) is 5.75 Å². The minimum atomic E-state index is -1.13. The summed E-state index contributed by atoms with van der Waals surface area (Å²) in [7, 11) is 2.85. The van der Waals surface area contributed by atoms with E-state index in [4.69, 9.17) is 14.6 Å². The molecule has 0 spiro atoms. The van der Waals surface area contributed by atoms with Gasteiger partial charge in [-0.15, -0.1) is 0 Å². The molecule has 70 valence electrons. The summed E-state index contributed by atoms with van der Waals surface area (Å²) in [6, 6.07) is 1.47. The van der Waals surface area contributed by atoms with Gasteiger partial charge in [-0.3, -0.25) is 0 Å². The highest BCUT2D eigenvalue weighted by Gasteiger charge is 2.12. The Balaban J connectivity index is 3.15. The maximum atomic E-state index is 10.6. The van der Waals surface area contributed by atoms with Crippen LogP contribution in [0.1, 0.15) is 10.5 Å². The second kappa shape index (κ2) is 3.75. The van der Waals surface area contributed by atoms with E-state index in [0.29, 0.717) is 5.75 Å². The van der Waals surface area contributed by atoms with E-state index in [1.165, 1.54) is 26.5 Å². The summed E-state index contributed by atoms with van der Waals surface area (Å²) in [6.45, 7) is 0. The Morgan fingerprint density at radius 3 is 2.62 bits per heavy atom. The van der Waals surface area contributed by atoms with Crippen LogP contribution in [0.25, 0.3) is 0 Å². The Bertz CT molecular complexity index is 324. The first-order chi connectivity index (χ1) is 6.19. The van der Waals surface area contributed by atoms with Gasteiger partial charge in [-0.25, -0.2) is 9.78 Å². The molecule has 1 rings (SSSR count). The number of nitrogens with zero attached hydrogens (tertiary/aromatic N) is 1. The molecule has 0 aliphatic carbocycles. The van der Waals surface area contributed by atoms with Crippen LogP contribution in [-0.2, 0) is 0 Å². The van der Waals surface area contributed by atoms with E-state index < -0.39 is 5.97 Å². The third-order valence-electron chi connectivity index (χ3n) is 1.49. The molecule has 0 radical (unpaired) electrons. The summed E-state index contributed by atoms with van der Waals surface area (Å²) in [4.78, 5) is 14.3. The normalized spacial score (nSPS) is 9.38. The maximum absolute atomic E-state index is 10.6. The average Bonchev–Trinajstić information content (AvgIpc) is 2.16. The van der Waals surface area contributed by atoms with Gasteiger partial charge in [-0.05, 0) is 0 Å². The van der Waals surface area contributed by atoms with E-state index >= 15 is 0 Å². The van der Waals surface area contributed by atoms with Crippen molar-refractivity contribution in [2.75, 3.05) is 14.2 Å². The number of aromatic nitrogens is 1. The molecule has 0 bridgehead atoms. The second-order valence-corrected chi connectivity index (χ2v) is 2.23. The van der Waals surface area contributed by atoms with E-state index in [0.717, 1.165) is 0 Å². The number of hydrogen-bond donors (Lipinski definition) is 1. The zero-order valence-corrected chi connectivity index (χ0v) is 7.27. The van der Waals surface area contributed by atoms with Gasteiger partial charge < -0.3 is 14.6 Å². The van der Waals surface area contributed by atoms with Gasteiger partial charge in [-0.2, -0.15) is 0 Å². The van der Waals surface area contributed by atoms with Crippen LogP contribution in [0, 0.1) is 0 Å².